The van der Waals surface area contributed by atoms with Crippen molar-refractivity contribution < 1.29 is 4.74 Å². The largest absolute Gasteiger partial charge is 0.424 e. The highest BCUT2D eigenvalue weighted by Gasteiger charge is 2.07. The van der Waals surface area contributed by atoms with E-state index in [0.29, 0.717) is 6.01 Å². The van der Waals surface area contributed by atoms with Gasteiger partial charge in [-0.05, 0) is 50.9 Å². The normalized spacial score (nSPS) is 10.7. The SMILES string of the molecule is CCCNCc1cnc(Oc2cc(C)ccc2C)nc1C. The van der Waals surface area contributed by atoms with E-state index in [1.807, 2.05) is 39.1 Å². The molecule has 1 aromatic carbocycles. The number of aryl methyl sites for hydroxylation is 3. The molecule has 1 aromatic heterocycles. The summed E-state index contributed by atoms with van der Waals surface area (Å²) in [5.41, 5.74) is 4.30. The molecule has 2 rings (SSSR count). The molecular formula is C17H23N3O. The van der Waals surface area contributed by atoms with Gasteiger partial charge in [-0.3, -0.25) is 0 Å². The number of rotatable bonds is 6. The molecule has 1 heterocycles. The van der Waals surface area contributed by atoms with Gasteiger partial charge in [-0.1, -0.05) is 19.1 Å². The zero-order chi connectivity index (χ0) is 15.2. The molecule has 0 unspecified atom stereocenters. The lowest BCUT2D eigenvalue weighted by Crippen LogP contribution is -2.15. The van der Waals surface area contributed by atoms with Crippen LogP contribution in [0.2, 0.25) is 0 Å². The maximum Gasteiger partial charge on any atom is 0.322 e. The molecule has 0 saturated heterocycles. The minimum absolute atomic E-state index is 0.403. The summed E-state index contributed by atoms with van der Waals surface area (Å²) in [5, 5.41) is 3.36. The highest BCUT2D eigenvalue weighted by molar-refractivity contribution is 5.37. The lowest BCUT2D eigenvalue weighted by atomic mass is 10.1. The maximum absolute atomic E-state index is 5.81. The first kappa shape index (κ1) is 15.4. The number of aromatic nitrogens is 2. The Labute approximate surface area is 126 Å². The molecule has 0 aliphatic heterocycles. The third kappa shape index (κ3) is 4.26. The van der Waals surface area contributed by atoms with Gasteiger partial charge in [0.1, 0.15) is 5.75 Å². The van der Waals surface area contributed by atoms with E-state index in [1.54, 1.807) is 0 Å². The van der Waals surface area contributed by atoms with Crippen LogP contribution in [0.15, 0.2) is 24.4 Å². The van der Waals surface area contributed by atoms with Crippen LogP contribution in [-0.2, 0) is 6.54 Å². The van der Waals surface area contributed by atoms with Crippen molar-refractivity contribution in [3.63, 3.8) is 0 Å². The fourth-order valence-corrected chi connectivity index (χ4v) is 2.01. The predicted octanol–water partition coefficient (Wildman–Crippen LogP) is 3.69. The first-order valence-corrected chi connectivity index (χ1v) is 7.38. The van der Waals surface area contributed by atoms with Crippen LogP contribution in [0.1, 0.15) is 35.7 Å². The van der Waals surface area contributed by atoms with Crippen LogP contribution in [0, 0.1) is 20.8 Å². The Hall–Kier alpha value is -1.94. The summed E-state index contributed by atoms with van der Waals surface area (Å²) < 4.78 is 5.81. The zero-order valence-corrected chi connectivity index (χ0v) is 13.2. The van der Waals surface area contributed by atoms with Gasteiger partial charge in [0.15, 0.2) is 0 Å². The molecule has 4 heteroatoms. The van der Waals surface area contributed by atoms with Crippen LogP contribution in [0.25, 0.3) is 0 Å². The van der Waals surface area contributed by atoms with E-state index >= 15 is 0 Å². The van der Waals surface area contributed by atoms with E-state index in [0.717, 1.165) is 47.6 Å². The standard InChI is InChI=1S/C17H23N3O/c1-5-8-18-10-15-11-19-17(20-14(15)4)21-16-9-12(2)6-7-13(16)3/h6-7,9,11,18H,5,8,10H2,1-4H3. The number of nitrogens with one attached hydrogen (secondary N) is 1. The van der Waals surface area contributed by atoms with Crippen molar-refractivity contribution in [2.75, 3.05) is 6.54 Å². The molecule has 0 fully saturated rings. The van der Waals surface area contributed by atoms with Crippen LogP contribution in [-0.4, -0.2) is 16.5 Å². The third-order valence-electron chi connectivity index (χ3n) is 3.35. The Morgan fingerprint density at radius 3 is 2.71 bits per heavy atom. The van der Waals surface area contributed by atoms with Gasteiger partial charge in [0.2, 0.25) is 0 Å². The summed E-state index contributed by atoms with van der Waals surface area (Å²) >= 11 is 0. The molecule has 0 saturated carbocycles. The van der Waals surface area contributed by atoms with E-state index in [-0.39, 0.29) is 0 Å². The lowest BCUT2D eigenvalue weighted by Gasteiger charge is -2.10. The van der Waals surface area contributed by atoms with E-state index in [9.17, 15) is 0 Å². The van der Waals surface area contributed by atoms with Gasteiger partial charge in [0.25, 0.3) is 0 Å². The summed E-state index contributed by atoms with van der Waals surface area (Å²) in [7, 11) is 0. The molecule has 112 valence electrons. The van der Waals surface area contributed by atoms with Crippen LogP contribution in [0.4, 0.5) is 0 Å². The summed E-state index contributed by atoms with van der Waals surface area (Å²) in [6.07, 6.45) is 2.96. The van der Waals surface area contributed by atoms with Gasteiger partial charge in [-0.2, -0.15) is 4.98 Å². The highest BCUT2D eigenvalue weighted by atomic mass is 16.5. The first-order chi connectivity index (χ1) is 10.1. The Bertz CT molecular complexity index is 611. The second kappa shape index (κ2) is 7.18. The molecule has 0 radical (unpaired) electrons. The molecule has 0 amide bonds. The van der Waals surface area contributed by atoms with Crippen molar-refractivity contribution in [3.05, 3.63) is 46.8 Å². The first-order valence-electron chi connectivity index (χ1n) is 7.38. The monoisotopic (exact) mass is 285 g/mol. The molecule has 0 aliphatic carbocycles. The number of ether oxygens (including phenoxy) is 1. The van der Waals surface area contributed by atoms with E-state index in [2.05, 4.69) is 28.3 Å². The smallest absolute Gasteiger partial charge is 0.322 e. The van der Waals surface area contributed by atoms with Crippen molar-refractivity contribution >= 4 is 0 Å². The molecule has 1 N–H and O–H groups in total. The van der Waals surface area contributed by atoms with Crippen molar-refractivity contribution in [1.29, 1.82) is 0 Å². The average Bonchev–Trinajstić information content (AvgIpc) is 2.45. The van der Waals surface area contributed by atoms with Crippen molar-refractivity contribution in [1.82, 2.24) is 15.3 Å². The Kier molecular flexibility index (Phi) is 5.28. The molecule has 0 atom stereocenters. The molecule has 21 heavy (non-hydrogen) atoms. The Morgan fingerprint density at radius 1 is 1.19 bits per heavy atom. The van der Waals surface area contributed by atoms with Gasteiger partial charge in [0, 0.05) is 24.0 Å². The van der Waals surface area contributed by atoms with Crippen molar-refractivity contribution in [2.24, 2.45) is 0 Å². The molecule has 0 bridgehead atoms. The highest BCUT2D eigenvalue weighted by Crippen LogP contribution is 2.24. The van der Waals surface area contributed by atoms with E-state index in [1.165, 1.54) is 0 Å². The Morgan fingerprint density at radius 2 is 2.00 bits per heavy atom. The molecule has 0 aliphatic rings. The predicted molar refractivity (Wildman–Crippen MR) is 84.8 cm³/mol. The average molecular weight is 285 g/mol. The third-order valence-corrected chi connectivity index (χ3v) is 3.35. The molecule has 2 aromatic rings. The Balaban J connectivity index is 2.11. The van der Waals surface area contributed by atoms with E-state index in [4.69, 9.17) is 4.74 Å². The summed E-state index contributed by atoms with van der Waals surface area (Å²) in [5.74, 6) is 0.811. The van der Waals surface area contributed by atoms with Gasteiger partial charge in [0.05, 0.1) is 0 Å². The van der Waals surface area contributed by atoms with Gasteiger partial charge in [-0.25, -0.2) is 4.98 Å². The van der Waals surface area contributed by atoms with Crippen LogP contribution >= 0.6 is 0 Å². The van der Waals surface area contributed by atoms with Crippen LogP contribution in [0.3, 0.4) is 0 Å². The van der Waals surface area contributed by atoms with Gasteiger partial charge < -0.3 is 10.1 Å². The van der Waals surface area contributed by atoms with Crippen LogP contribution in [0.5, 0.6) is 11.8 Å². The number of hydrogen-bond acceptors (Lipinski definition) is 4. The molecular weight excluding hydrogens is 262 g/mol. The van der Waals surface area contributed by atoms with Gasteiger partial charge in [-0.15, -0.1) is 0 Å². The number of hydrogen-bond donors (Lipinski definition) is 1. The quantitative estimate of drug-likeness (QED) is 0.822. The topological polar surface area (TPSA) is 47.0 Å². The van der Waals surface area contributed by atoms with Crippen molar-refractivity contribution in [2.45, 2.75) is 40.7 Å². The second-order valence-electron chi connectivity index (χ2n) is 5.31. The molecule has 4 nitrogen and oxygen atoms in total. The van der Waals surface area contributed by atoms with Crippen molar-refractivity contribution in [3.8, 4) is 11.8 Å². The summed E-state index contributed by atoms with van der Waals surface area (Å²) in [4.78, 5) is 8.76. The number of nitrogens with zero attached hydrogens (tertiary/aromatic N) is 2. The molecule has 0 spiro atoms. The maximum atomic E-state index is 5.81. The summed E-state index contributed by atoms with van der Waals surface area (Å²) in [6, 6.07) is 6.52. The lowest BCUT2D eigenvalue weighted by molar-refractivity contribution is 0.435. The number of benzene rings is 1. The van der Waals surface area contributed by atoms with E-state index < -0.39 is 0 Å². The minimum Gasteiger partial charge on any atom is -0.424 e. The fourth-order valence-electron chi connectivity index (χ4n) is 2.01. The minimum atomic E-state index is 0.403. The summed E-state index contributed by atoms with van der Waals surface area (Å²) in [6.45, 7) is 9.99. The fraction of sp³-hybridized carbons (Fsp3) is 0.412. The van der Waals surface area contributed by atoms with Crippen LogP contribution < -0.4 is 10.1 Å². The zero-order valence-electron chi connectivity index (χ0n) is 13.2. The second-order valence-corrected chi connectivity index (χ2v) is 5.31. The van der Waals surface area contributed by atoms with Gasteiger partial charge >= 0.3 is 6.01 Å².